The number of ether oxygens (including phenoxy) is 1. The van der Waals surface area contributed by atoms with Gasteiger partial charge in [-0.3, -0.25) is 4.79 Å². The summed E-state index contributed by atoms with van der Waals surface area (Å²) in [6, 6.07) is 15.3. The first-order valence-electron chi connectivity index (χ1n) is 7.12. The smallest absolute Gasteiger partial charge is 0.311 e. The van der Waals surface area contributed by atoms with E-state index in [0.717, 1.165) is 22.4 Å². The first-order chi connectivity index (χ1) is 10.1. The molecule has 0 heterocycles. The van der Waals surface area contributed by atoms with Crippen LogP contribution in [0.15, 0.2) is 48.5 Å². The van der Waals surface area contributed by atoms with Gasteiger partial charge in [-0.2, -0.15) is 0 Å². The minimum absolute atomic E-state index is 0.459. The molecule has 0 fully saturated rings. The van der Waals surface area contributed by atoms with Gasteiger partial charge in [0.15, 0.2) is 0 Å². The SMILES string of the molecule is CCOc1cccc(CC(C(=O)O)c2ccccc2C)c1. The summed E-state index contributed by atoms with van der Waals surface area (Å²) in [6.07, 6.45) is 0.459. The number of rotatable bonds is 6. The van der Waals surface area contributed by atoms with Crippen molar-refractivity contribution in [3.8, 4) is 5.75 Å². The van der Waals surface area contributed by atoms with Crippen LogP contribution >= 0.6 is 0 Å². The molecule has 1 unspecified atom stereocenters. The van der Waals surface area contributed by atoms with Crippen LogP contribution in [0.25, 0.3) is 0 Å². The maximum atomic E-state index is 11.6. The largest absolute Gasteiger partial charge is 0.494 e. The average molecular weight is 284 g/mol. The van der Waals surface area contributed by atoms with Gasteiger partial charge in [0.1, 0.15) is 5.75 Å². The summed E-state index contributed by atoms with van der Waals surface area (Å²) in [5, 5.41) is 9.55. The van der Waals surface area contributed by atoms with Crippen molar-refractivity contribution in [1.29, 1.82) is 0 Å². The monoisotopic (exact) mass is 284 g/mol. The fourth-order valence-corrected chi connectivity index (χ4v) is 2.47. The fraction of sp³-hybridized carbons (Fsp3) is 0.278. The van der Waals surface area contributed by atoms with Crippen LogP contribution in [0.1, 0.15) is 29.5 Å². The minimum Gasteiger partial charge on any atom is -0.494 e. The average Bonchev–Trinajstić information content (AvgIpc) is 2.46. The molecule has 1 atom stereocenters. The Hall–Kier alpha value is -2.29. The summed E-state index contributed by atoms with van der Waals surface area (Å²) >= 11 is 0. The summed E-state index contributed by atoms with van der Waals surface area (Å²) in [5.41, 5.74) is 2.84. The van der Waals surface area contributed by atoms with E-state index in [0.29, 0.717) is 13.0 Å². The quantitative estimate of drug-likeness (QED) is 0.877. The molecule has 0 amide bonds. The number of hydrogen-bond donors (Lipinski definition) is 1. The zero-order valence-electron chi connectivity index (χ0n) is 12.4. The molecule has 0 radical (unpaired) electrons. The number of benzene rings is 2. The zero-order valence-corrected chi connectivity index (χ0v) is 12.4. The molecule has 110 valence electrons. The third-order valence-corrected chi connectivity index (χ3v) is 3.51. The van der Waals surface area contributed by atoms with Gasteiger partial charge in [0.05, 0.1) is 12.5 Å². The van der Waals surface area contributed by atoms with E-state index in [9.17, 15) is 9.90 Å². The van der Waals surface area contributed by atoms with Crippen LogP contribution in [0.5, 0.6) is 5.75 Å². The van der Waals surface area contributed by atoms with Crippen molar-refractivity contribution >= 4 is 5.97 Å². The standard InChI is InChI=1S/C18H20O3/c1-3-21-15-9-6-8-14(11-15)12-17(18(19)20)16-10-5-4-7-13(16)2/h4-11,17H,3,12H2,1-2H3,(H,19,20). The number of aryl methyl sites for hydroxylation is 1. The topological polar surface area (TPSA) is 46.5 Å². The summed E-state index contributed by atoms with van der Waals surface area (Å²) < 4.78 is 5.47. The molecule has 0 spiro atoms. The van der Waals surface area contributed by atoms with Crippen LogP contribution < -0.4 is 4.74 Å². The normalized spacial score (nSPS) is 11.9. The lowest BCUT2D eigenvalue weighted by molar-refractivity contribution is -0.138. The van der Waals surface area contributed by atoms with Gasteiger partial charge in [0.2, 0.25) is 0 Å². The summed E-state index contributed by atoms with van der Waals surface area (Å²) in [6.45, 7) is 4.48. The second-order valence-corrected chi connectivity index (χ2v) is 5.03. The van der Waals surface area contributed by atoms with Gasteiger partial charge in [0.25, 0.3) is 0 Å². The Kier molecular flexibility index (Phi) is 4.99. The zero-order chi connectivity index (χ0) is 15.2. The lowest BCUT2D eigenvalue weighted by Gasteiger charge is -2.16. The van der Waals surface area contributed by atoms with E-state index in [4.69, 9.17) is 4.74 Å². The van der Waals surface area contributed by atoms with Gasteiger partial charge in [0, 0.05) is 0 Å². The number of carbonyl (C=O) groups is 1. The Morgan fingerprint density at radius 2 is 1.95 bits per heavy atom. The predicted molar refractivity (Wildman–Crippen MR) is 82.9 cm³/mol. The molecular formula is C18H20O3. The third kappa shape index (κ3) is 3.85. The lowest BCUT2D eigenvalue weighted by Crippen LogP contribution is -2.15. The molecule has 3 nitrogen and oxygen atoms in total. The van der Waals surface area contributed by atoms with Crippen LogP contribution in [0.4, 0.5) is 0 Å². The second kappa shape index (κ2) is 6.93. The highest BCUT2D eigenvalue weighted by Crippen LogP contribution is 2.25. The Bertz CT molecular complexity index is 619. The van der Waals surface area contributed by atoms with Crippen LogP contribution in [-0.4, -0.2) is 17.7 Å². The maximum absolute atomic E-state index is 11.6. The van der Waals surface area contributed by atoms with Crippen molar-refractivity contribution in [1.82, 2.24) is 0 Å². The number of aliphatic carboxylic acids is 1. The highest BCUT2D eigenvalue weighted by atomic mass is 16.5. The molecule has 0 aliphatic rings. The number of hydrogen-bond acceptors (Lipinski definition) is 2. The van der Waals surface area contributed by atoms with E-state index >= 15 is 0 Å². The molecule has 0 aliphatic heterocycles. The molecule has 0 saturated carbocycles. The van der Waals surface area contributed by atoms with Crippen molar-refractivity contribution in [3.05, 3.63) is 65.2 Å². The van der Waals surface area contributed by atoms with Crippen LogP contribution in [0.2, 0.25) is 0 Å². The van der Waals surface area contributed by atoms with Gasteiger partial charge in [-0.15, -0.1) is 0 Å². The maximum Gasteiger partial charge on any atom is 0.311 e. The summed E-state index contributed by atoms with van der Waals surface area (Å²) in [5.74, 6) is -0.557. The van der Waals surface area contributed by atoms with Crippen molar-refractivity contribution in [2.75, 3.05) is 6.61 Å². The molecule has 3 heteroatoms. The molecule has 2 aromatic rings. The van der Waals surface area contributed by atoms with E-state index < -0.39 is 11.9 Å². The van der Waals surface area contributed by atoms with Gasteiger partial charge >= 0.3 is 5.97 Å². The molecule has 1 N–H and O–H groups in total. The van der Waals surface area contributed by atoms with Crippen LogP contribution in [-0.2, 0) is 11.2 Å². The lowest BCUT2D eigenvalue weighted by atomic mass is 9.89. The van der Waals surface area contributed by atoms with Gasteiger partial charge < -0.3 is 9.84 Å². The minimum atomic E-state index is -0.800. The number of carboxylic acid groups (broad SMARTS) is 1. The predicted octanol–water partition coefficient (Wildman–Crippen LogP) is 3.80. The molecule has 0 bridgehead atoms. The first-order valence-corrected chi connectivity index (χ1v) is 7.12. The molecule has 2 aromatic carbocycles. The van der Waals surface area contributed by atoms with Crippen molar-refractivity contribution in [2.45, 2.75) is 26.2 Å². The van der Waals surface area contributed by atoms with Crippen LogP contribution in [0, 0.1) is 6.92 Å². The van der Waals surface area contributed by atoms with E-state index in [2.05, 4.69) is 0 Å². The van der Waals surface area contributed by atoms with Crippen molar-refractivity contribution < 1.29 is 14.6 Å². The highest BCUT2D eigenvalue weighted by molar-refractivity contribution is 5.77. The van der Waals surface area contributed by atoms with Gasteiger partial charge in [-0.1, -0.05) is 36.4 Å². The molecule has 0 aliphatic carbocycles. The molecule has 0 saturated heterocycles. The van der Waals surface area contributed by atoms with Crippen molar-refractivity contribution in [2.24, 2.45) is 0 Å². The van der Waals surface area contributed by atoms with E-state index in [1.807, 2.05) is 62.4 Å². The molecule has 0 aromatic heterocycles. The van der Waals surface area contributed by atoms with E-state index in [-0.39, 0.29) is 0 Å². The summed E-state index contributed by atoms with van der Waals surface area (Å²) in [4.78, 5) is 11.6. The Balaban J connectivity index is 2.27. The van der Waals surface area contributed by atoms with E-state index in [1.165, 1.54) is 0 Å². The van der Waals surface area contributed by atoms with Crippen LogP contribution in [0.3, 0.4) is 0 Å². The Labute approximate surface area is 125 Å². The Morgan fingerprint density at radius 3 is 2.62 bits per heavy atom. The van der Waals surface area contributed by atoms with Crippen molar-refractivity contribution in [3.63, 3.8) is 0 Å². The Morgan fingerprint density at radius 1 is 1.19 bits per heavy atom. The van der Waals surface area contributed by atoms with E-state index in [1.54, 1.807) is 0 Å². The number of carboxylic acids is 1. The molecular weight excluding hydrogens is 264 g/mol. The van der Waals surface area contributed by atoms with Gasteiger partial charge in [-0.05, 0) is 49.1 Å². The highest BCUT2D eigenvalue weighted by Gasteiger charge is 2.21. The third-order valence-electron chi connectivity index (χ3n) is 3.51. The molecule has 21 heavy (non-hydrogen) atoms. The molecule has 2 rings (SSSR count). The summed E-state index contributed by atoms with van der Waals surface area (Å²) in [7, 11) is 0. The second-order valence-electron chi connectivity index (χ2n) is 5.03. The fourth-order valence-electron chi connectivity index (χ4n) is 2.47. The first kappa shape index (κ1) is 15.1. The van der Waals surface area contributed by atoms with Gasteiger partial charge in [-0.25, -0.2) is 0 Å².